The van der Waals surface area contributed by atoms with Crippen molar-refractivity contribution in [1.82, 2.24) is 0 Å². The molecule has 1 aromatic rings. The molecule has 1 heterocycles. The first-order valence-corrected chi connectivity index (χ1v) is 5.47. The summed E-state index contributed by atoms with van der Waals surface area (Å²) >= 11 is 0. The minimum absolute atomic E-state index is 0.119. The van der Waals surface area contributed by atoms with E-state index in [4.69, 9.17) is 4.74 Å². The van der Waals surface area contributed by atoms with E-state index in [1.807, 2.05) is 24.3 Å². The number of fused-ring (bicyclic) bond motifs is 1. The van der Waals surface area contributed by atoms with Crippen LogP contribution in [0.25, 0.3) is 0 Å². The molecule has 1 unspecified atom stereocenters. The van der Waals surface area contributed by atoms with Gasteiger partial charge in [0.05, 0.1) is 12.5 Å². The summed E-state index contributed by atoms with van der Waals surface area (Å²) in [6, 6.07) is 7.43. The Morgan fingerprint density at radius 2 is 2.24 bits per heavy atom. The van der Waals surface area contributed by atoms with Gasteiger partial charge < -0.3 is 10.1 Å². The highest BCUT2D eigenvalue weighted by atomic mass is 16.5. The number of benzene rings is 1. The van der Waals surface area contributed by atoms with Crippen LogP contribution in [0.15, 0.2) is 36.4 Å². The number of anilines is 1. The molecular formula is C13H13NO3. The molecule has 88 valence electrons. The highest BCUT2D eigenvalue weighted by molar-refractivity contribution is 6.04. The third-order valence-corrected chi connectivity index (χ3v) is 2.55. The van der Waals surface area contributed by atoms with E-state index in [0.717, 1.165) is 11.3 Å². The second kappa shape index (κ2) is 4.82. The van der Waals surface area contributed by atoms with Crippen LogP contribution in [0.1, 0.15) is 18.4 Å². The Bertz CT molecular complexity index is 479. The molecule has 0 aromatic heterocycles. The van der Waals surface area contributed by atoms with E-state index in [1.165, 1.54) is 6.08 Å². The number of esters is 1. The van der Waals surface area contributed by atoms with Gasteiger partial charge in [0.25, 0.3) is 0 Å². The Kier molecular flexibility index (Phi) is 3.23. The van der Waals surface area contributed by atoms with Gasteiger partial charge in [-0.15, -0.1) is 0 Å². The van der Waals surface area contributed by atoms with Gasteiger partial charge in [-0.1, -0.05) is 24.3 Å². The molecule has 1 aromatic carbocycles. The summed E-state index contributed by atoms with van der Waals surface area (Å²) in [6.45, 7) is 2.07. The molecule has 17 heavy (non-hydrogen) atoms. The SMILES string of the molecule is CCOC(=O)/C=C/C1C(=O)Nc2ccccc21. The molecule has 0 bridgehead atoms. The van der Waals surface area contributed by atoms with Crippen LogP contribution < -0.4 is 5.32 Å². The average molecular weight is 231 g/mol. The molecule has 1 atom stereocenters. The predicted molar refractivity (Wildman–Crippen MR) is 63.6 cm³/mol. The molecule has 1 N–H and O–H groups in total. The van der Waals surface area contributed by atoms with Crippen LogP contribution in [0.3, 0.4) is 0 Å². The standard InChI is InChI=1S/C13H13NO3/c1-2-17-12(15)8-7-10-9-5-3-4-6-11(9)14-13(10)16/h3-8,10H,2H2,1H3,(H,14,16)/b8-7+. The summed E-state index contributed by atoms with van der Waals surface area (Å²) in [5.74, 6) is -0.952. The predicted octanol–water partition coefficient (Wildman–Crippen LogP) is 1.84. The van der Waals surface area contributed by atoms with Crippen molar-refractivity contribution in [3.63, 3.8) is 0 Å². The maximum Gasteiger partial charge on any atom is 0.330 e. The Labute approximate surface area is 99.3 Å². The van der Waals surface area contributed by atoms with E-state index in [1.54, 1.807) is 13.0 Å². The van der Waals surface area contributed by atoms with Gasteiger partial charge in [0.15, 0.2) is 0 Å². The lowest BCUT2D eigenvalue weighted by Gasteiger charge is -2.01. The highest BCUT2D eigenvalue weighted by Crippen LogP contribution is 2.32. The van der Waals surface area contributed by atoms with Gasteiger partial charge in [-0.05, 0) is 18.6 Å². The molecule has 0 radical (unpaired) electrons. The summed E-state index contributed by atoms with van der Waals surface area (Å²) in [6.07, 6.45) is 2.87. The summed E-state index contributed by atoms with van der Waals surface area (Å²) in [4.78, 5) is 22.9. The van der Waals surface area contributed by atoms with Gasteiger partial charge in [-0.25, -0.2) is 4.79 Å². The fraction of sp³-hybridized carbons (Fsp3) is 0.231. The van der Waals surface area contributed by atoms with Gasteiger partial charge in [-0.3, -0.25) is 4.79 Å². The fourth-order valence-corrected chi connectivity index (χ4v) is 1.79. The van der Waals surface area contributed by atoms with Crippen molar-refractivity contribution in [3.8, 4) is 0 Å². The topological polar surface area (TPSA) is 55.4 Å². The first-order valence-electron chi connectivity index (χ1n) is 5.47. The number of carbonyl (C=O) groups excluding carboxylic acids is 2. The van der Waals surface area contributed by atoms with Crippen molar-refractivity contribution in [1.29, 1.82) is 0 Å². The third kappa shape index (κ3) is 2.36. The van der Waals surface area contributed by atoms with E-state index in [0.29, 0.717) is 6.61 Å². The first kappa shape index (κ1) is 11.4. The van der Waals surface area contributed by atoms with E-state index < -0.39 is 11.9 Å². The molecule has 1 aliphatic heterocycles. The zero-order valence-electron chi connectivity index (χ0n) is 9.47. The molecule has 4 nitrogen and oxygen atoms in total. The Morgan fingerprint density at radius 1 is 1.47 bits per heavy atom. The molecule has 2 rings (SSSR count). The highest BCUT2D eigenvalue weighted by Gasteiger charge is 2.27. The second-order valence-electron chi connectivity index (χ2n) is 3.67. The van der Waals surface area contributed by atoms with Gasteiger partial charge in [0, 0.05) is 11.8 Å². The number of ether oxygens (including phenoxy) is 1. The summed E-state index contributed by atoms with van der Waals surface area (Å²) < 4.78 is 4.77. The number of para-hydroxylation sites is 1. The smallest absolute Gasteiger partial charge is 0.330 e. The lowest BCUT2D eigenvalue weighted by Crippen LogP contribution is -2.10. The zero-order chi connectivity index (χ0) is 12.3. The van der Waals surface area contributed by atoms with E-state index in [-0.39, 0.29) is 5.91 Å². The van der Waals surface area contributed by atoms with Gasteiger partial charge >= 0.3 is 5.97 Å². The first-order chi connectivity index (χ1) is 8.22. The fourth-order valence-electron chi connectivity index (χ4n) is 1.79. The Hall–Kier alpha value is -2.10. The molecule has 4 heteroatoms. The van der Waals surface area contributed by atoms with Crippen molar-refractivity contribution in [3.05, 3.63) is 42.0 Å². The van der Waals surface area contributed by atoms with E-state index in [2.05, 4.69) is 5.32 Å². The molecule has 0 aliphatic carbocycles. The van der Waals surface area contributed by atoms with Crippen molar-refractivity contribution in [2.75, 3.05) is 11.9 Å². The number of carbonyl (C=O) groups is 2. The van der Waals surface area contributed by atoms with Crippen LogP contribution >= 0.6 is 0 Å². The van der Waals surface area contributed by atoms with Crippen LogP contribution in [0.2, 0.25) is 0 Å². The summed E-state index contributed by atoms with van der Waals surface area (Å²) in [7, 11) is 0. The van der Waals surface area contributed by atoms with Crippen LogP contribution in [0.4, 0.5) is 5.69 Å². The maximum atomic E-state index is 11.7. The second-order valence-corrected chi connectivity index (χ2v) is 3.67. The van der Waals surface area contributed by atoms with Crippen LogP contribution in [-0.4, -0.2) is 18.5 Å². The third-order valence-electron chi connectivity index (χ3n) is 2.55. The molecule has 1 amide bonds. The molecular weight excluding hydrogens is 218 g/mol. The van der Waals surface area contributed by atoms with Crippen molar-refractivity contribution < 1.29 is 14.3 Å². The Balaban J connectivity index is 2.17. The number of rotatable bonds is 3. The van der Waals surface area contributed by atoms with Gasteiger partial charge in [0.1, 0.15) is 0 Å². The van der Waals surface area contributed by atoms with Crippen LogP contribution in [-0.2, 0) is 14.3 Å². The Morgan fingerprint density at radius 3 is 3.00 bits per heavy atom. The number of nitrogens with one attached hydrogen (secondary N) is 1. The molecule has 0 spiro atoms. The number of hydrogen-bond donors (Lipinski definition) is 1. The molecule has 0 saturated carbocycles. The summed E-state index contributed by atoms with van der Waals surface area (Å²) in [5, 5.41) is 2.76. The zero-order valence-corrected chi connectivity index (χ0v) is 9.47. The minimum Gasteiger partial charge on any atom is -0.463 e. The average Bonchev–Trinajstić information content (AvgIpc) is 2.62. The minimum atomic E-state index is -0.426. The molecule has 0 saturated heterocycles. The number of amides is 1. The van der Waals surface area contributed by atoms with Gasteiger partial charge in [0.2, 0.25) is 5.91 Å². The van der Waals surface area contributed by atoms with Crippen LogP contribution in [0.5, 0.6) is 0 Å². The van der Waals surface area contributed by atoms with Crippen molar-refractivity contribution in [2.24, 2.45) is 0 Å². The van der Waals surface area contributed by atoms with Crippen LogP contribution in [0, 0.1) is 0 Å². The van der Waals surface area contributed by atoms with Crippen molar-refractivity contribution in [2.45, 2.75) is 12.8 Å². The van der Waals surface area contributed by atoms with Crippen molar-refractivity contribution >= 4 is 17.6 Å². The van der Waals surface area contributed by atoms with E-state index in [9.17, 15) is 9.59 Å². The normalized spacial score (nSPS) is 17.9. The maximum absolute atomic E-state index is 11.7. The lowest BCUT2D eigenvalue weighted by atomic mass is 10.0. The molecule has 1 aliphatic rings. The number of hydrogen-bond acceptors (Lipinski definition) is 3. The van der Waals surface area contributed by atoms with E-state index >= 15 is 0 Å². The van der Waals surface area contributed by atoms with Gasteiger partial charge in [-0.2, -0.15) is 0 Å². The quantitative estimate of drug-likeness (QED) is 0.638. The molecule has 0 fully saturated rings. The monoisotopic (exact) mass is 231 g/mol. The lowest BCUT2D eigenvalue weighted by molar-refractivity contribution is -0.137. The summed E-state index contributed by atoms with van der Waals surface area (Å²) in [5.41, 5.74) is 1.69. The largest absolute Gasteiger partial charge is 0.463 e.